The van der Waals surface area contributed by atoms with Crippen molar-refractivity contribution in [2.24, 2.45) is 0 Å². The van der Waals surface area contributed by atoms with E-state index in [1.54, 1.807) is 0 Å². The van der Waals surface area contributed by atoms with Crippen molar-refractivity contribution >= 4 is 5.91 Å². The molecule has 0 aromatic carbocycles. The second-order valence-corrected chi connectivity index (χ2v) is 5.88. The molecule has 9 heteroatoms. The van der Waals surface area contributed by atoms with E-state index >= 15 is 0 Å². The van der Waals surface area contributed by atoms with Crippen molar-refractivity contribution in [2.75, 3.05) is 19.8 Å². The minimum atomic E-state index is -4.99. The van der Waals surface area contributed by atoms with E-state index in [9.17, 15) is 23.1 Å². The molecule has 1 aliphatic carbocycles. The third-order valence-corrected chi connectivity index (χ3v) is 4.26. The van der Waals surface area contributed by atoms with Crippen molar-refractivity contribution in [3.8, 4) is 0 Å². The van der Waals surface area contributed by atoms with Gasteiger partial charge in [0.2, 0.25) is 0 Å². The van der Waals surface area contributed by atoms with Crippen LogP contribution in [0.15, 0.2) is 0 Å². The molecule has 1 spiro atoms. The summed E-state index contributed by atoms with van der Waals surface area (Å²) in [5.74, 6) is -2.83. The lowest BCUT2D eigenvalue weighted by Crippen LogP contribution is -2.58. The Kier molecular flexibility index (Phi) is 5.00. The monoisotopic (exact) mass is 327 g/mol. The van der Waals surface area contributed by atoms with E-state index in [-0.39, 0.29) is 19.3 Å². The van der Waals surface area contributed by atoms with Crippen molar-refractivity contribution in [1.82, 2.24) is 5.32 Å². The molecule has 1 amide bonds. The largest absolute Gasteiger partial charge is 0.471 e. The van der Waals surface area contributed by atoms with Gasteiger partial charge in [-0.3, -0.25) is 4.79 Å². The van der Waals surface area contributed by atoms with Crippen molar-refractivity contribution < 1.29 is 37.7 Å². The summed E-state index contributed by atoms with van der Waals surface area (Å²) in [7, 11) is 0. The molecule has 1 unspecified atom stereocenters. The van der Waals surface area contributed by atoms with Gasteiger partial charge >= 0.3 is 12.1 Å². The number of carbonyl (C=O) groups excluding carboxylic acids is 1. The van der Waals surface area contributed by atoms with Crippen LogP contribution in [-0.4, -0.2) is 59.5 Å². The molecule has 2 rings (SSSR count). The molecule has 1 heterocycles. The fourth-order valence-electron chi connectivity index (χ4n) is 3.10. The van der Waals surface area contributed by atoms with Gasteiger partial charge in [0.05, 0.1) is 25.9 Å². The molecule has 0 bridgehead atoms. The Morgan fingerprint density at radius 3 is 2.18 bits per heavy atom. The van der Waals surface area contributed by atoms with Crippen LogP contribution in [0.5, 0.6) is 0 Å². The molecule has 0 aromatic heterocycles. The van der Waals surface area contributed by atoms with Crippen LogP contribution in [0.3, 0.4) is 0 Å². The maximum atomic E-state index is 12.5. The molecule has 2 aliphatic rings. The molecule has 22 heavy (non-hydrogen) atoms. The molecule has 1 atom stereocenters. The zero-order chi connectivity index (χ0) is 16.4. The number of nitrogens with one attached hydrogen (secondary N) is 1. The van der Waals surface area contributed by atoms with Gasteiger partial charge in [-0.15, -0.1) is 0 Å². The lowest BCUT2D eigenvalue weighted by Gasteiger charge is -2.45. The summed E-state index contributed by atoms with van der Waals surface area (Å²) >= 11 is 0. The number of halogens is 3. The minimum absolute atomic E-state index is 0.151. The third-order valence-electron chi connectivity index (χ3n) is 4.26. The number of aliphatic hydroxyl groups is 2. The van der Waals surface area contributed by atoms with Crippen LogP contribution in [0.25, 0.3) is 0 Å². The van der Waals surface area contributed by atoms with Crippen LogP contribution in [0.2, 0.25) is 0 Å². The number of ether oxygens (including phenoxy) is 2. The molecule has 0 aromatic rings. The Morgan fingerprint density at radius 1 is 1.18 bits per heavy atom. The smallest absolute Gasteiger partial charge is 0.394 e. The lowest BCUT2D eigenvalue weighted by molar-refractivity contribution is -0.194. The van der Waals surface area contributed by atoms with Crippen molar-refractivity contribution in [3.63, 3.8) is 0 Å². The van der Waals surface area contributed by atoms with E-state index in [4.69, 9.17) is 14.6 Å². The van der Waals surface area contributed by atoms with E-state index in [2.05, 4.69) is 0 Å². The van der Waals surface area contributed by atoms with E-state index < -0.39 is 36.1 Å². The number of alkyl halides is 3. The number of carbonyl (C=O) groups is 1. The second-order valence-electron chi connectivity index (χ2n) is 5.88. The first kappa shape index (κ1) is 17.5. The maximum Gasteiger partial charge on any atom is 0.471 e. The van der Waals surface area contributed by atoms with Gasteiger partial charge in [0, 0.05) is 18.4 Å². The third kappa shape index (κ3) is 3.89. The molecule has 2 fully saturated rings. The van der Waals surface area contributed by atoms with Crippen LogP contribution in [0.4, 0.5) is 13.2 Å². The van der Waals surface area contributed by atoms with Gasteiger partial charge in [-0.05, 0) is 19.3 Å². The molecule has 1 aliphatic heterocycles. The minimum Gasteiger partial charge on any atom is -0.394 e. The second kappa shape index (κ2) is 6.31. The summed E-state index contributed by atoms with van der Waals surface area (Å²) in [5, 5.41) is 20.5. The fourth-order valence-corrected chi connectivity index (χ4v) is 3.10. The molecule has 1 saturated carbocycles. The number of amides is 1. The number of hydrogen-bond donors (Lipinski definition) is 3. The van der Waals surface area contributed by atoms with E-state index in [0.29, 0.717) is 26.1 Å². The molecular formula is C13H20F3NO5. The Hall–Kier alpha value is -0.900. The van der Waals surface area contributed by atoms with Crippen LogP contribution in [-0.2, 0) is 14.3 Å². The van der Waals surface area contributed by atoms with Crippen molar-refractivity contribution in [1.29, 1.82) is 0 Å². The first-order valence-corrected chi connectivity index (χ1v) is 7.17. The van der Waals surface area contributed by atoms with Gasteiger partial charge in [-0.1, -0.05) is 0 Å². The topological polar surface area (TPSA) is 88.0 Å². The first-order chi connectivity index (χ1) is 10.2. The molecule has 128 valence electrons. The highest BCUT2D eigenvalue weighted by atomic mass is 19.4. The Morgan fingerprint density at radius 2 is 1.73 bits per heavy atom. The summed E-state index contributed by atoms with van der Waals surface area (Å²) in [5.41, 5.74) is -1.23. The van der Waals surface area contributed by atoms with Gasteiger partial charge in [0.25, 0.3) is 0 Å². The molecule has 3 N–H and O–H groups in total. The zero-order valence-electron chi connectivity index (χ0n) is 12.0. The van der Waals surface area contributed by atoms with Gasteiger partial charge in [0.15, 0.2) is 5.79 Å². The summed E-state index contributed by atoms with van der Waals surface area (Å²) in [6.45, 7) is 0.282. The fraction of sp³-hybridized carbons (Fsp3) is 0.923. The Balaban J connectivity index is 2.08. The molecular weight excluding hydrogens is 307 g/mol. The quantitative estimate of drug-likeness (QED) is 0.698. The van der Waals surface area contributed by atoms with Crippen LogP contribution < -0.4 is 5.32 Å². The number of hydrogen-bond acceptors (Lipinski definition) is 5. The number of aliphatic hydroxyl groups excluding tert-OH is 2. The van der Waals surface area contributed by atoms with Gasteiger partial charge in [-0.2, -0.15) is 13.2 Å². The summed E-state index contributed by atoms with van der Waals surface area (Å²) in [4.78, 5) is 11.3. The van der Waals surface area contributed by atoms with Gasteiger partial charge in [0.1, 0.15) is 0 Å². The van der Waals surface area contributed by atoms with Crippen LogP contribution in [0.1, 0.15) is 32.1 Å². The molecule has 0 radical (unpaired) electrons. The first-order valence-electron chi connectivity index (χ1n) is 7.17. The maximum absolute atomic E-state index is 12.5. The normalized spacial score (nSPS) is 25.1. The lowest BCUT2D eigenvalue weighted by atomic mass is 9.75. The van der Waals surface area contributed by atoms with Gasteiger partial charge in [-0.25, -0.2) is 0 Å². The summed E-state index contributed by atoms with van der Waals surface area (Å²) in [6.07, 6.45) is -5.36. The highest BCUT2D eigenvalue weighted by molar-refractivity contribution is 5.82. The SMILES string of the molecule is O=C(NC1(CC(O)CO)CCC2(CC1)OCCO2)C(F)(F)F. The standard InChI is InChI=1S/C13H20F3NO5/c14-13(15,16)10(20)17-11(7-9(19)8-18)1-3-12(4-2-11)21-5-6-22-12/h9,18-19H,1-8H2,(H,17,20). The highest BCUT2D eigenvalue weighted by Crippen LogP contribution is 2.42. The van der Waals surface area contributed by atoms with Crippen LogP contribution >= 0.6 is 0 Å². The van der Waals surface area contributed by atoms with Crippen molar-refractivity contribution in [2.45, 2.75) is 55.7 Å². The average molecular weight is 327 g/mol. The highest BCUT2D eigenvalue weighted by Gasteiger charge is 2.50. The summed E-state index contributed by atoms with van der Waals surface area (Å²) in [6, 6.07) is 0. The zero-order valence-corrected chi connectivity index (χ0v) is 12.0. The van der Waals surface area contributed by atoms with Crippen LogP contribution in [0, 0.1) is 0 Å². The predicted octanol–water partition coefficient (Wildman–Crippen LogP) is 0.464. The Bertz CT molecular complexity index is 399. The molecule has 6 nitrogen and oxygen atoms in total. The van der Waals surface area contributed by atoms with E-state index in [1.165, 1.54) is 0 Å². The van der Waals surface area contributed by atoms with E-state index in [0.717, 1.165) is 0 Å². The Labute approximate surface area is 125 Å². The van der Waals surface area contributed by atoms with E-state index in [1.807, 2.05) is 5.32 Å². The summed E-state index contributed by atoms with van der Waals surface area (Å²) < 4.78 is 48.6. The predicted molar refractivity (Wildman–Crippen MR) is 67.7 cm³/mol. The van der Waals surface area contributed by atoms with Crippen molar-refractivity contribution in [3.05, 3.63) is 0 Å². The van der Waals surface area contributed by atoms with Gasteiger partial charge < -0.3 is 25.0 Å². The molecule has 1 saturated heterocycles. The average Bonchev–Trinajstić information content (AvgIpc) is 2.90. The number of rotatable bonds is 4.